The van der Waals surface area contributed by atoms with E-state index in [1.54, 1.807) is 24.3 Å². The molecule has 0 aromatic heterocycles. The van der Waals surface area contributed by atoms with Gasteiger partial charge in [0.25, 0.3) is 23.6 Å². The molecule has 0 spiro atoms. The number of azo groups is 2. The smallest absolute Gasteiger partial charge is 0.258 e. The third-order valence-corrected chi connectivity index (χ3v) is 10.3. The second kappa shape index (κ2) is 23.3. The van der Waals surface area contributed by atoms with E-state index in [0.29, 0.717) is 36.0 Å². The Morgan fingerprint density at radius 3 is 1.27 bits per heavy atom. The lowest BCUT2D eigenvalue weighted by Crippen LogP contribution is -2.32. The third-order valence-electron chi connectivity index (χ3n) is 8.88. The largest absolute Gasteiger partial charge is 0.324 e. The van der Waals surface area contributed by atoms with Crippen LogP contribution in [0.4, 0.5) is 34.1 Å². The number of alkyl halides is 2. The Bertz CT molecular complexity index is 2620. The van der Waals surface area contributed by atoms with Gasteiger partial charge in [-0.05, 0) is 111 Å². The van der Waals surface area contributed by atoms with Gasteiger partial charge in [-0.3, -0.25) is 28.8 Å². The molecular formula is C44H36Cl6N8O6. The zero-order chi connectivity index (χ0) is 46.5. The van der Waals surface area contributed by atoms with Crippen molar-refractivity contribution in [2.45, 2.75) is 38.8 Å². The summed E-state index contributed by atoms with van der Waals surface area (Å²) in [5.41, 5.74) is 3.41. The molecule has 0 heterocycles. The molecule has 330 valence electrons. The quantitative estimate of drug-likeness (QED) is 0.0382. The van der Waals surface area contributed by atoms with Crippen molar-refractivity contribution >= 4 is 139 Å². The first-order valence-electron chi connectivity index (χ1n) is 19.0. The Hall–Kier alpha value is -5.74. The van der Waals surface area contributed by atoms with Crippen LogP contribution in [0.1, 0.15) is 45.7 Å². The molecule has 0 radical (unpaired) electrons. The Morgan fingerprint density at radius 1 is 0.500 bits per heavy atom. The average molecular weight is 986 g/mol. The molecule has 0 aliphatic heterocycles. The molecule has 5 aromatic rings. The van der Waals surface area contributed by atoms with Crippen LogP contribution in [-0.2, 0) is 32.0 Å². The molecule has 64 heavy (non-hydrogen) atoms. The highest BCUT2D eigenvalue weighted by molar-refractivity contribution is 6.40. The second-order valence-electron chi connectivity index (χ2n) is 13.8. The fourth-order valence-corrected chi connectivity index (χ4v) is 7.19. The SMILES string of the molecule is CC(=O)C(N=Nc1cc(Cl)cc(C(=O)Nc2ccc(CCCl)cc2)c1)C(=O)Nc1cc(Cl)c(NC(=O)C(N=Nc2cc(Cl)cc(C(=O)Nc3ccc(CCCl)cc3)c2)C(C)=O)c(Cl)c1. The summed E-state index contributed by atoms with van der Waals surface area (Å²) in [5.74, 6) is -3.29. The summed E-state index contributed by atoms with van der Waals surface area (Å²) >= 11 is 37.0. The fourth-order valence-electron chi connectivity index (χ4n) is 5.71. The molecule has 5 rings (SSSR count). The van der Waals surface area contributed by atoms with E-state index in [0.717, 1.165) is 25.0 Å². The Morgan fingerprint density at radius 2 is 0.891 bits per heavy atom. The number of anilines is 4. The maximum atomic E-state index is 13.3. The number of nitrogens with zero attached hydrogens (tertiary/aromatic N) is 4. The van der Waals surface area contributed by atoms with Crippen LogP contribution in [0, 0.1) is 0 Å². The van der Waals surface area contributed by atoms with Gasteiger partial charge in [-0.15, -0.1) is 23.2 Å². The summed E-state index contributed by atoms with van der Waals surface area (Å²) in [6.45, 7) is 2.25. The molecule has 0 saturated carbocycles. The highest BCUT2D eigenvalue weighted by Crippen LogP contribution is 2.35. The van der Waals surface area contributed by atoms with Gasteiger partial charge in [0.1, 0.15) is 0 Å². The summed E-state index contributed by atoms with van der Waals surface area (Å²) in [4.78, 5) is 77.8. The first kappa shape index (κ1) is 49.3. The van der Waals surface area contributed by atoms with Crippen molar-refractivity contribution in [3.05, 3.63) is 139 Å². The molecule has 0 bridgehead atoms. The number of halogens is 6. The molecule has 0 aliphatic rings. The van der Waals surface area contributed by atoms with Gasteiger partial charge in [-0.25, -0.2) is 0 Å². The van der Waals surface area contributed by atoms with Gasteiger partial charge in [0.2, 0.25) is 12.1 Å². The molecule has 0 saturated heterocycles. The van der Waals surface area contributed by atoms with E-state index in [4.69, 9.17) is 69.6 Å². The van der Waals surface area contributed by atoms with Gasteiger partial charge in [0, 0.05) is 50.0 Å². The van der Waals surface area contributed by atoms with Crippen LogP contribution in [0.2, 0.25) is 20.1 Å². The van der Waals surface area contributed by atoms with Crippen LogP contribution in [0.25, 0.3) is 0 Å². The van der Waals surface area contributed by atoms with Crippen molar-refractivity contribution in [2.75, 3.05) is 33.0 Å². The third kappa shape index (κ3) is 14.1. The number of hydrogen-bond acceptors (Lipinski definition) is 10. The normalized spacial score (nSPS) is 12.1. The average Bonchev–Trinajstić information content (AvgIpc) is 3.23. The maximum Gasteiger partial charge on any atom is 0.258 e. The minimum atomic E-state index is -1.68. The first-order valence-corrected chi connectivity index (χ1v) is 21.6. The lowest BCUT2D eigenvalue weighted by Gasteiger charge is -2.15. The zero-order valence-corrected chi connectivity index (χ0v) is 38.3. The molecule has 4 amide bonds. The number of amides is 4. The molecule has 2 atom stereocenters. The summed E-state index contributed by atoms with van der Waals surface area (Å²) < 4.78 is 0. The molecule has 0 aliphatic carbocycles. The predicted molar refractivity (Wildman–Crippen MR) is 252 cm³/mol. The van der Waals surface area contributed by atoms with Crippen LogP contribution in [0.3, 0.4) is 0 Å². The summed E-state index contributed by atoms with van der Waals surface area (Å²) in [5, 5.41) is 26.3. The number of ketones is 2. The standard InChI is InChI=1S/C44H36Cl6N8O6/c1-23(59)38(57-55-34-17-27(15-29(47)19-34)41(61)51-31-7-3-25(4-8-31)11-13-45)43(63)53-33-21-36(49)40(37(50)22-33)54-44(64)39(24(2)60)58-56-35-18-28(16-30(48)20-35)42(62)52-32-9-5-26(6-10-32)12-14-46/h3-10,15-22,38-39H,11-14H2,1-2H3,(H,51,61)(H,52,62)(H,53,63)(H,54,64). The minimum Gasteiger partial charge on any atom is -0.324 e. The number of carbonyl (C=O) groups is 6. The number of aryl methyl sites for hydroxylation is 2. The van der Waals surface area contributed by atoms with Crippen molar-refractivity contribution in [1.82, 2.24) is 0 Å². The maximum absolute atomic E-state index is 13.3. The lowest BCUT2D eigenvalue weighted by molar-refractivity contribution is -0.127. The summed E-state index contributed by atoms with van der Waals surface area (Å²) in [6, 6.07) is 21.8. The molecule has 2 unspecified atom stereocenters. The first-order chi connectivity index (χ1) is 30.5. The molecule has 14 nitrogen and oxygen atoms in total. The van der Waals surface area contributed by atoms with Crippen molar-refractivity contribution in [1.29, 1.82) is 0 Å². The highest BCUT2D eigenvalue weighted by Gasteiger charge is 2.27. The Labute approximate surface area is 397 Å². The highest BCUT2D eigenvalue weighted by atomic mass is 35.5. The number of nitrogens with one attached hydrogen (secondary N) is 4. The predicted octanol–water partition coefficient (Wildman–Crippen LogP) is 11.7. The van der Waals surface area contributed by atoms with E-state index in [9.17, 15) is 28.8 Å². The van der Waals surface area contributed by atoms with Gasteiger partial charge < -0.3 is 21.3 Å². The van der Waals surface area contributed by atoms with Crippen molar-refractivity contribution < 1.29 is 28.8 Å². The number of carbonyl (C=O) groups excluding carboxylic acids is 6. The van der Waals surface area contributed by atoms with E-state index >= 15 is 0 Å². The van der Waals surface area contributed by atoms with Crippen LogP contribution in [0.5, 0.6) is 0 Å². The number of hydrogen-bond donors (Lipinski definition) is 4. The van der Waals surface area contributed by atoms with Crippen LogP contribution >= 0.6 is 69.6 Å². The van der Waals surface area contributed by atoms with Crippen LogP contribution in [-0.4, -0.2) is 59.0 Å². The van der Waals surface area contributed by atoms with E-state index in [-0.39, 0.29) is 54.0 Å². The van der Waals surface area contributed by atoms with E-state index in [2.05, 4.69) is 41.7 Å². The minimum absolute atomic E-state index is 0.0174. The topological polar surface area (TPSA) is 200 Å². The van der Waals surface area contributed by atoms with E-state index in [1.165, 1.54) is 48.5 Å². The lowest BCUT2D eigenvalue weighted by atomic mass is 10.1. The van der Waals surface area contributed by atoms with E-state index in [1.807, 2.05) is 24.3 Å². The summed E-state index contributed by atoms with van der Waals surface area (Å²) in [7, 11) is 0. The monoisotopic (exact) mass is 982 g/mol. The molecule has 20 heteroatoms. The zero-order valence-electron chi connectivity index (χ0n) is 33.7. The van der Waals surface area contributed by atoms with Crippen molar-refractivity contribution in [3.63, 3.8) is 0 Å². The van der Waals surface area contributed by atoms with Crippen LogP contribution in [0.15, 0.2) is 118 Å². The molecule has 0 fully saturated rings. The van der Waals surface area contributed by atoms with E-state index < -0.39 is 47.3 Å². The van der Waals surface area contributed by atoms with Gasteiger partial charge in [0.15, 0.2) is 11.6 Å². The summed E-state index contributed by atoms with van der Waals surface area (Å²) in [6.07, 6.45) is 1.36. The second-order valence-corrected chi connectivity index (χ2v) is 16.3. The van der Waals surface area contributed by atoms with Crippen molar-refractivity contribution in [2.24, 2.45) is 20.5 Å². The number of rotatable bonds is 18. The van der Waals surface area contributed by atoms with Gasteiger partial charge >= 0.3 is 0 Å². The Kier molecular flexibility index (Phi) is 17.9. The molecule has 4 N–H and O–H groups in total. The number of Topliss-reactive ketones (excluding diaryl/α,β-unsaturated/α-hetero) is 2. The van der Waals surface area contributed by atoms with Crippen molar-refractivity contribution in [3.8, 4) is 0 Å². The Balaban J connectivity index is 1.24. The molecule has 5 aromatic carbocycles. The van der Waals surface area contributed by atoms with Gasteiger partial charge in [0.05, 0.1) is 27.1 Å². The van der Waals surface area contributed by atoms with Gasteiger partial charge in [-0.2, -0.15) is 20.5 Å². The number of benzene rings is 5. The molecular weight excluding hydrogens is 949 g/mol. The van der Waals surface area contributed by atoms with Gasteiger partial charge in [-0.1, -0.05) is 70.7 Å². The van der Waals surface area contributed by atoms with Crippen LogP contribution < -0.4 is 21.3 Å². The fraction of sp³-hybridized carbons (Fsp3) is 0.182.